The topological polar surface area (TPSA) is 58.6 Å². The van der Waals surface area contributed by atoms with Crippen molar-refractivity contribution in [1.82, 2.24) is 5.06 Å². The molecule has 0 amide bonds. The molecule has 2 aliphatic rings. The summed E-state index contributed by atoms with van der Waals surface area (Å²) < 4.78 is 29.2. The molecule has 2 aliphatic heterocycles. The number of hydroxylamine groups is 2. The van der Waals surface area contributed by atoms with Crippen LogP contribution in [-0.4, -0.2) is 78.7 Å². The summed E-state index contributed by atoms with van der Waals surface area (Å²) in [4.78, 5) is 6.37. The van der Waals surface area contributed by atoms with E-state index in [-0.39, 0.29) is 43.0 Å². The van der Waals surface area contributed by atoms with Crippen molar-refractivity contribution in [3.63, 3.8) is 0 Å². The van der Waals surface area contributed by atoms with Crippen molar-refractivity contribution < 1.29 is 28.2 Å². The lowest BCUT2D eigenvalue weighted by atomic mass is 10.1. The summed E-state index contributed by atoms with van der Waals surface area (Å²) in [5, 5.41) is 4.46. The Kier molecular flexibility index (Phi) is 8.78. The summed E-state index contributed by atoms with van der Waals surface area (Å²) in [5.41, 5.74) is 0. The van der Waals surface area contributed by atoms with Gasteiger partial charge in [0, 0.05) is 14.2 Å². The molecule has 2 aromatic carbocycles. The van der Waals surface area contributed by atoms with Crippen LogP contribution in [0, 0.1) is 0 Å². The Morgan fingerprint density at radius 3 is 2.00 bits per heavy atom. The molecule has 0 saturated carbocycles. The second-order valence-electron chi connectivity index (χ2n) is 10.3. The Morgan fingerprint density at radius 2 is 1.46 bits per heavy atom. The van der Waals surface area contributed by atoms with Crippen molar-refractivity contribution in [2.45, 2.75) is 56.6 Å². The molecule has 0 N–H and O–H groups in total. The van der Waals surface area contributed by atoms with Crippen LogP contribution >= 0.6 is 0 Å². The SMILES string of the molecule is COCO[C@@H]1[C@H]2C[C@H](CO[Si](c3ccccc3)(c3ccccc3)C(C)(C)C)ON2C[C@H]1OCOC. The first kappa shape index (κ1) is 26.4. The largest absolute Gasteiger partial charge is 0.405 e. The van der Waals surface area contributed by atoms with Gasteiger partial charge in [0.05, 0.1) is 19.2 Å². The quantitative estimate of drug-likeness (QED) is 0.347. The number of hydrogen-bond donors (Lipinski definition) is 0. The number of fused-ring (bicyclic) bond motifs is 1. The highest BCUT2D eigenvalue weighted by atomic mass is 28.4. The van der Waals surface area contributed by atoms with Crippen molar-refractivity contribution in [2.75, 3.05) is 41.0 Å². The van der Waals surface area contributed by atoms with Gasteiger partial charge in [-0.3, -0.25) is 4.84 Å². The number of nitrogens with zero attached hydrogens (tertiary/aromatic N) is 1. The normalized spacial score (nSPS) is 25.2. The van der Waals surface area contributed by atoms with Gasteiger partial charge in [-0.05, 0) is 21.8 Å². The van der Waals surface area contributed by atoms with Crippen LogP contribution in [-0.2, 0) is 28.2 Å². The lowest BCUT2D eigenvalue weighted by molar-refractivity contribution is -0.166. The van der Waals surface area contributed by atoms with Crippen molar-refractivity contribution in [3.05, 3.63) is 60.7 Å². The zero-order valence-electron chi connectivity index (χ0n) is 21.5. The molecule has 2 heterocycles. The second-order valence-corrected chi connectivity index (χ2v) is 14.6. The van der Waals surface area contributed by atoms with Crippen LogP contribution in [0.3, 0.4) is 0 Å². The highest BCUT2D eigenvalue weighted by Crippen LogP contribution is 2.39. The number of rotatable bonds is 11. The Morgan fingerprint density at radius 1 is 0.886 bits per heavy atom. The van der Waals surface area contributed by atoms with E-state index in [0.717, 1.165) is 6.42 Å². The maximum atomic E-state index is 7.09. The van der Waals surface area contributed by atoms with Crippen LogP contribution in [0.15, 0.2) is 60.7 Å². The third-order valence-electron chi connectivity index (χ3n) is 6.95. The first-order valence-electron chi connectivity index (χ1n) is 12.3. The summed E-state index contributed by atoms with van der Waals surface area (Å²) in [7, 11) is 0.636. The maximum Gasteiger partial charge on any atom is 0.261 e. The predicted molar refractivity (Wildman–Crippen MR) is 137 cm³/mol. The minimum atomic E-state index is -2.61. The Bertz CT molecular complexity index is 869. The molecule has 2 aromatic rings. The zero-order chi connectivity index (χ0) is 24.9. The van der Waals surface area contributed by atoms with Gasteiger partial charge in [0.15, 0.2) is 0 Å². The van der Waals surface area contributed by atoms with E-state index >= 15 is 0 Å². The molecular weight excluding hydrogens is 462 g/mol. The summed E-state index contributed by atoms with van der Waals surface area (Å²) in [6.45, 7) is 8.44. The van der Waals surface area contributed by atoms with E-state index in [4.69, 9.17) is 28.2 Å². The molecule has 7 nitrogen and oxygen atoms in total. The van der Waals surface area contributed by atoms with Gasteiger partial charge >= 0.3 is 0 Å². The third kappa shape index (κ3) is 5.55. The van der Waals surface area contributed by atoms with Crippen molar-refractivity contribution in [2.24, 2.45) is 0 Å². The van der Waals surface area contributed by atoms with Crippen LogP contribution in [0.1, 0.15) is 27.2 Å². The van der Waals surface area contributed by atoms with Crippen LogP contribution in [0.2, 0.25) is 5.04 Å². The molecule has 0 spiro atoms. The van der Waals surface area contributed by atoms with E-state index < -0.39 is 8.32 Å². The summed E-state index contributed by atoms with van der Waals surface area (Å²) >= 11 is 0. The first-order valence-corrected chi connectivity index (χ1v) is 14.2. The van der Waals surface area contributed by atoms with E-state index in [1.165, 1.54) is 10.4 Å². The molecule has 0 radical (unpaired) electrons. The van der Waals surface area contributed by atoms with Gasteiger partial charge in [-0.1, -0.05) is 81.4 Å². The van der Waals surface area contributed by atoms with Crippen molar-refractivity contribution >= 4 is 18.7 Å². The van der Waals surface area contributed by atoms with Gasteiger partial charge in [-0.2, -0.15) is 5.06 Å². The molecule has 0 bridgehead atoms. The predicted octanol–water partition coefficient (Wildman–Crippen LogP) is 2.93. The molecule has 192 valence electrons. The van der Waals surface area contributed by atoms with Crippen LogP contribution < -0.4 is 10.4 Å². The van der Waals surface area contributed by atoms with E-state index in [0.29, 0.717) is 13.2 Å². The zero-order valence-corrected chi connectivity index (χ0v) is 22.5. The second kappa shape index (κ2) is 11.6. The van der Waals surface area contributed by atoms with Crippen LogP contribution in [0.25, 0.3) is 0 Å². The van der Waals surface area contributed by atoms with E-state index in [1.807, 2.05) is 5.06 Å². The number of hydrogen-bond acceptors (Lipinski definition) is 7. The fourth-order valence-corrected chi connectivity index (χ4v) is 10.0. The van der Waals surface area contributed by atoms with Gasteiger partial charge in [0.1, 0.15) is 31.9 Å². The molecule has 4 atom stereocenters. The van der Waals surface area contributed by atoms with Gasteiger partial charge in [-0.15, -0.1) is 0 Å². The lowest BCUT2D eigenvalue weighted by Crippen LogP contribution is -2.67. The van der Waals surface area contributed by atoms with E-state index in [2.05, 4.69) is 81.4 Å². The molecule has 8 heteroatoms. The molecule has 2 fully saturated rings. The minimum absolute atomic E-state index is 0.0568. The van der Waals surface area contributed by atoms with Gasteiger partial charge < -0.3 is 23.4 Å². The Balaban J connectivity index is 1.54. The first-order chi connectivity index (χ1) is 16.9. The van der Waals surface area contributed by atoms with Crippen LogP contribution in [0.4, 0.5) is 0 Å². The molecule has 0 unspecified atom stereocenters. The van der Waals surface area contributed by atoms with Crippen LogP contribution in [0.5, 0.6) is 0 Å². The van der Waals surface area contributed by atoms with Crippen molar-refractivity contribution in [1.29, 1.82) is 0 Å². The lowest BCUT2D eigenvalue weighted by Gasteiger charge is -2.43. The minimum Gasteiger partial charge on any atom is -0.405 e. The smallest absolute Gasteiger partial charge is 0.261 e. The average molecular weight is 502 g/mol. The molecule has 4 rings (SSSR count). The maximum absolute atomic E-state index is 7.09. The highest BCUT2D eigenvalue weighted by Gasteiger charge is 2.53. The number of benzene rings is 2. The standard InChI is InChI=1S/C27H39NO6Si/c1-27(2,3)35(22-12-8-6-9-13-22,23-14-10-7-11-15-23)33-18-21-16-24-26(32-20-30-5)25(31-19-29-4)17-28(24)34-21/h6-15,21,24-26H,16-20H2,1-5H3/t21-,24-,25-,26-/m1/s1. The fourth-order valence-electron chi connectivity index (χ4n) is 5.45. The van der Waals surface area contributed by atoms with E-state index in [9.17, 15) is 0 Å². The molecule has 35 heavy (non-hydrogen) atoms. The number of methoxy groups -OCH3 is 2. The Hall–Kier alpha value is -1.62. The fraction of sp³-hybridized carbons (Fsp3) is 0.556. The summed E-state index contributed by atoms with van der Waals surface area (Å²) in [6.07, 6.45) is 0.467. The monoisotopic (exact) mass is 501 g/mol. The Labute approximate surface area is 210 Å². The van der Waals surface area contributed by atoms with Gasteiger partial charge in [0.25, 0.3) is 8.32 Å². The van der Waals surface area contributed by atoms with Crippen molar-refractivity contribution in [3.8, 4) is 0 Å². The third-order valence-corrected chi connectivity index (χ3v) is 11.9. The molecule has 0 aromatic heterocycles. The highest BCUT2D eigenvalue weighted by molar-refractivity contribution is 6.99. The van der Waals surface area contributed by atoms with Gasteiger partial charge in [-0.25, -0.2) is 0 Å². The molecule has 2 saturated heterocycles. The summed E-state index contributed by atoms with van der Waals surface area (Å²) in [6, 6.07) is 21.5. The van der Waals surface area contributed by atoms with E-state index in [1.54, 1.807) is 14.2 Å². The molecular formula is C27H39NO6Si. The number of ether oxygens (including phenoxy) is 4. The van der Waals surface area contributed by atoms with Gasteiger partial charge in [0.2, 0.25) is 0 Å². The summed E-state index contributed by atoms with van der Waals surface area (Å²) in [5.74, 6) is 0. The molecule has 0 aliphatic carbocycles. The average Bonchev–Trinajstić information content (AvgIpc) is 3.39.